The number of carbonyl (C=O) groups is 1. The van der Waals surface area contributed by atoms with Crippen molar-refractivity contribution in [2.75, 3.05) is 0 Å². The summed E-state index contributed by atoms with van der Waals surface area (Å²) in [6.45, 7) is 0. The lowest BCUT2D eigenvalue weighted by Crippen LogP contribution is -2.02. The van der Waals surface area contributed by atoms with Gasteiger partial charge in [-0.05, 0) is 18.9 Å². The van der Waals surface area contributed by atoms with Crippen molar-refractivity contribution in [3.8, 4) is 0 Å². The third-order valence-corrected chi connectivity index (χ3v) is 2.85. The number of carbonyl (C=O) groups excluding carboxylic acids is 1. The summed E-state index contributed by atoms with van der Waals surface area (Å²) in [6.07, 6.45) is 4.14. The van der Waals surface area contributed by atoms with Gasteiger partial charge in [0.2, 0.25) is 0 Å². The summed E-state index contributed by atoms with van der Waals surface area (Å²) in [5, 5.41) is 4.10. The summed E-state index contributed by atoms with van der Waals surface area (Å²) in [6, 6.07) is 11.4. The van der Waals surface area contributed by atoms with E-state index in [9.17, 15) is 4.79 Å². The second-order valence-electron chi connectivity index (χ2n) is 4.09. The molecule has 3 nitrogen and oxygen atoms in total. The van der Waals surface area contributed by atoms with Crippen LogP contribution in [0.1, 0.15) is 28.9 Å². The van der Waals surface area contributed by atoms with Crippen molar-refractivity contribution >= 4 is 5.78 Å². The van der Waals surface area contributed by atoms with E-state index in [2.05, 4.69) is 5.10 Å². The van der Waals surface area contributed by atoms with Crippen LogP contribution in [0.3, 0.4) is 0 Å². The lowest BCUT2D eigenvalue weighted by molar-refractivity contribution is 0.0980. The summed E-state index contributed by atoms with van der Waals surface area (Å²) in [7, 11) is 1.92. The summed E-state index contributed by atoms with van der Waals surface area (Å²) in [5.74, 6) is 0.216. The molecule has 17 heavy (non-hydrogen) atoms. The molecule has 3 heteroatoms. The average molecular weight is 228 g/mol. The van der Waals surface area contributed by atoms with Crippen LogP contribution in [0.25, 0.3) is 0 Å². The van der Waals surface area contributed by atoms with Crippen LogP contribution < -0.4 is 0 Å². The van der Waals surface area contributed by atoms with Gasteiger partial charge in [-0.25, -0.2) is 0 Å². The number of ketones is 1. The van der Waals surface area contributed by atoms with Gasteiger partial charge >= 0.3 is 0 Å². The van der Waals surface area contributed by atoms with Crippen LogP contribution in [0, 0.1) is 0 Å². The van der Waals surface area contributed by atoms with Gasteiger partial charge < -0.3 is 0 Å². The molecule has 0 aliphatic heterocycles. The predicted molar refractivity (Wildman–Crippen MR) is 66.9 cm³/mol. The standard InChI is InChI=1S/C14H16N2O/c1-16-13(10-11-15-16)8-5-9-14(17)12-6-3-2-4-7-12/h2-4,6-7,10-11H,5,8-9H2,1H3. The Balaban J connectivity index is 1.84. The fourth-order valence-electron chi connectivity index (χ4n) is 1.84. The fourth-order valence-corrected chi connectivity index (χ4v) is 1.84. The largest absolute Gasteiger partial charge is 0.294 e. The van der Waals surface area contributed by atoms with E-state index in [1.165, 1.54) is 5.69 Å². The number of rotatable bonds is 5. The number of Topliss-reactive ketones (excluding diaryl/α,β-unsaturated/α-hetero) is 1. The first kappa shape index (κ1) is 11.6. The maximum Gasteiger partial charge on any atom is 0.162 e. The van der Waals surface area contributed by atoms with Gasteiger partial charge in [0.15, 0.2) is 5.78 Å². The van der Waals surface area contributed by atoms with Gasteiger partial charge in [-0.15, -0.1) is 0 Å². The molecule has 0 saturated heterocycles. The Hall–Kier alpha value is -1.90. The van der Waals surface area contributed by atoms with Gasteiger partial charge in [-0.1, -0.05) is 30.3 Å². The minimum absolute atomic E-state index is 0.216. The third-order valence-electron chi connectivity index (χ3n) is 2.85. The zero-order valence-electron chi connectivity index (χ0n) is 9.97. The Labute approximate surface area is 101 Å². The Bertz CT molecular complexity index is 488. The summed E-state index contributed by atoms with van der Waals surface area (Å²) >= 11 is 0. The average Bonchev–Trinajstić information content (AvgIpc) is 2.76. The first-order chi connectivity index (χ1) is 8.27. The molecule has 0 fully saturated rings. The Kier molecular flexibility index (Phi) is 3.70. The molecule has 0 atom stereocenters. The maximum atomic E-state index is 11.8. The zero-order valence-corrected chi connectivity index (χ0v) is 9.97. The first-order valence-electron chi connectivity index (χ1n) is 5.82. The fraction of sp³-hybridized carbons (Fsp3) is 0.286. The monoisotopic (exact) mass is 228 g/mol. The van der Waals surface area contributed by atoms with Crippen molar-refractivity contribution < 1.29 is 4.79 Å². The molecule has 2 aromatic rings. The third kappa shape index (κ3) is 3.03. The molecular weight excluding hydrogens is 212 g/mol. The molecule has 0 N–H and O–H groups in total. The van der Waals surface area contributed by atoms with E-state index >= 15 is 0 Å². The molecule has 2 rings (SSSR count). The topological polar surface area (TPSA) is 34.9 Å². The normalized spacial score (nSPS) is 10.4. The number of hydrogen-bond donors (Lipinski definition) is 0. The van der Waals surface area contributed by atoms with Crippen molar-refractivity contribution in [3.63, 3.8) is 0 Å². The second kappa shape index (κ2) is 5.43. The summed E-state index contributed by atoms with van der Waals surface area (Å²) in [4.78, 5) is 11.8. The van der Waals surface area contributed by atoms with Crippen molar-refractivity contribution in [3.05, 3.63) is 53.9 Å². The smallest absolute Gasteiger partial charge is 0.162 e. The summed E-state index contributed by atoms with van der Waals surface area (Å²) < 4.78 is 1.85. The van der Waals surface area contributed by atoms with E-state index in [0.29, 0.717) is 6.42 Å². The van der Waals surface area contributed by atoms with Crippen molar-refractivity contribution in [2.24, 2.45) is 7.05 Å². The maximum absolute atomic E-state index is 11.8. The predicted octanol–water partition coefficient (Wildman–Crippen LogP) is 2.63. The molecule has 1 heterocycles. The molecule has 0 amide bonds. The minimum Gasteiger partial charge on any atom is -0.294 e. The molecule has 0 bridgehead atoms. The minimum atomic E-state index is 0.216. The van der Waals surface area contributed by atoms with Crippen LogP contribution >= 0.6 is 0 Å². The SMILES string of the molecule is Cn1nccc1CCCC(=O)c1ccccc1. The molecule has 0 spiro atoms. The van der Waals surface area contributed by atoms with Crippen molar-refractivity contribution in [2.45, 2.75) is 19.3 Å². The molecular formula is C14H16N2O. The molecule has 0 unspecified atom stereocenters. The Morgan fingerprint density at radius 3 is 2.65 bits per heavy atom. The highest BCUT2D eigenvalue weighted by Crippen LogP contribution is 2.08. The molecule has 1 aromatic carbocycles. The highest BCUT2D eigenvalue weighted by molar-refractivity contribution is 5.95. The van der Waals surface area contributed by atoms with Crippen LogP contribution in [0.4, 0.5) is 0 Å². The quantitative estimate of drug-likeness (QED) is 0.737. The van der Waals surface area contributed by atoms with E-state index in [4.69, 9.17) is 0 Å². The van der Waals surface area contributed by atoms with Gasteiger partial charge in [-0.3, -0.25) is 9.48 Å². The van der Waals surface area contributed by atoms with E-state index in [-0.39, 0.29) is 5.78 Å². The second-order valence-corrected chi connectivity index (χ2v) is 4.09. The van der Waals surface area contributed by atoms with Crippen LogP contribution in [-0.2, 0) is 13.5 Å². The lowest BCUT2D eigenvalue weighted by Gasteiger charge is -2.02. The molecule has 0 saturated carbocycles. The van der Waals surface area contributed by atoms with Crippen molar-refractivity contribution in [1.82, 2.24) is 9.78 Å². The van der Waals surface area contributed by atoms with Gasteiger partial charge in [0.25, 0.3) is 0 Å². The Morgan fingerprint density at radius 2 is 2.00 bits per heavy atom. The Morgan fingerprint density at radius 1 is 1.24 bits per heavy atom. The highest BCUT2D eigenvalue weighted by Gasteiger charge is 2.05. The summed E-state index contributed by atoms with van der Waals surface area (Å²) in [5.41, 5.74) is 1.98. The van der Waals surface area contributed by atoms with Gasteiger partial charge in [0, 0.05) is 30.9 Å². The molecule has 0 aliphatic carbocycles. The molecule has 0 aliphatic rings. The van der Waals surface area contributed by atoms with Crippen LogP contribution in [-0.4, -0.2) is 15.6 Å². The number of hydrogen-bond acceptors (Lipinski definition) is 2. The molecule has 88 valence electrons. The number of aryl methyl sites for hydroxylation is 2. The highest BCUT2D eigenvalue weighted by atomic mass is 16.1. The van der Waals surface area contributed by atoms with Crippen LogP contribution in [0.15, 0.2) is 42.6 Å². The first-order valence-corrected chi connectivity index (χ1v) is 5.82. The van der Waals surface area contributed by atoms with Gasteiger partial charge in [-0.2, -0.15) is 5.10 Å². The van der Waals surface area contributed by atoms with E-state index < -0.39 is 0 Å². The van der Waals surface area contributed by atoms with Gasteiger partial charge in [0.1, 0.15) is 0 Å². The van der Waals surface area contributed by atoms with E-state index in [1.807, 2.05) is 48.1 Å². The lowest BCUT2D eigenvalue weighted by atomic mass is 10.0. The van der Waals surface area contributed by atoms with Crippen molar-refractivity contribution in [1.29, 1.82) is 0 Å². The van der Waals surface area contributed by atoms with Crippen LogP contribution in [0.5, 0.6) is 0 Å². The molecule has 1 aromatic heterocycles. The molecule has 0 radical (unpaired) electrons. The van der Waals surface area contributed by atoms with E-state index in [1.54, 1.807) is 6.20 Å². The van der Waals surface area contributed by atoms with E-state index in [0.717, 1.165) is 18.4 Å². The van der Waals surface area contributed by atoms with Crippen LogP contribution in [0.2, 0.25) is 0 Å². The number of aromatic nitrogens is 2. The van der Waals surface area contributed by atoms with Gasteiger partial charge in [0.05, 0.1) is 0 Å². The number of benzene rings is 1. The number of nitrogens with zero attached hydrogens (tertiary/aromatic N) is 2. The zero-order chi connectivity index (χ0) is 12.1.